The molecule has 0 bridgehead atoms. The van der Waals surface area contributed by atoms with Crippen LogP contribution in [-0.2, 0) is 14.8 Å². The van der Waals surface area contributed by atoms with Crippen LogP contribution in [0.4, 0.5) is 5.69 Å². The smallest absolute Gasteiger partial charge is 0.242 e. The number of carbonyl (C=O) groups is 1. The van der Waals surface area contributed by atoms with Crippen LogP contribution in [0.2, 0.25) is 0 Å². The van der Waals surface area contributed by atoms with Crippen molar-refractivity contribution in [1.29, 1.82) is 0 Å². The van der Waals surface area contributed by atoms with E-state index in [4.69, 9.17) is 9.47 Å². The highest BCUT2D eigenvalue weighted by Gasteiger charge is 2.34. The van der Waals surface area contributed by atoms with E-state index < -0.39 is 16.1 Å². The van der Waals surface area contributed by atoms with Crippen LogP contribution in [0.1, 0.15) is 46.0 Å². The topological polar surface area (TPSA) is 84.9 Å². The molecule has 2 rings (SSSR count). The van der Waals surface area contributed by atoms with Gasteiger partial charge in [0.1, 0.15) is 6.04 Å². The maximum Gasteiger partial charge on any atom is 0.242 e. The van der Waals surface area contributed by atoms with Crippen LogP contribution in [-0.4, -0.2) is 50.7 Å². The minimum atomic E-state index is -3.42. The zero-order valence-corrected chi connectivity index (χ0v) is 17.2. The molecule has 0 aliphatic carbocycles. The quantitative estimate of drug-likeness (QED) is 0.691. The molecule has 1 aliphatic rings. The van der Waals surface area contributed by atoms with Gasteiger partial charge in [0.25, 0.3) is 0 Å². The first kappa shape index (κ1) is 21.5. The molecule has 1 N–H and O–H groups in total. The molecule has 1 unspecified atom stereocenters. The number of carbonyl (C=O) groups excluding carboxylic acids is 1. The third-order valence-electron chi connectivity index (χ3n) is 4.32. The van der Waals surface area contributed by atoms with Crippen molar-refractivity contribution in [3.05, 3.63) is 18.2 Å². The summed E-state index contributed by atoms with van der Waals surface area (Å²) in [4.78, 5) is 12.7. The van der Waals surface area contributed by atoms with Crippen LogP contribution in [0.15, 0.2) is 18.2 Å². The second kappa shape index (κ2) is 9.94. The summed E-state index contributed by atoms with van der Waals surface area (Å²) in [6.45, 7) is 5.55. The summed E-state index contributed by atoms with van der Waals surface area (Å²) in [6.07, 6.45) is 5.02. The number of hydrogen-bond donors (Lipinski definition) is 1. The monoisotopic (exact) mass is 398 g/mol. The Morgan fingerprint density at radius 1 is 1.15 bits per heavy atom. The molecule has 7 nitrogen and oxygen atoms in total. The Hall–Kier alpha value is -1.80. The molecule has 1 aliphatic heterocycles. The molecule has 152 valence electrons. The lowest BCUT2D eigenvalue weighted by atomic mass is 10.0. The van der Waals surface area contributed by atoms with Crippen molar-refractivity contribution in [2.24, 2.45) is 0 Å². The molecule has 1 saturated heterocycles. The molecule has 1 aromatic rings. The van der Waals surface area contributed by atoms with Gasteiger partial charge in [0.15, 0.2) is 11.5 Å². The molecule has 1 amide bonds. The van der Waals surface area contributed by atoms with Crippen LogP contribution >= 0.6 is 0 Å². The fourth-order valence-electron chi connectivity index (χ4n) is 3.03. The van der Waals surface area contributed by atoms with E-state index >= 15 is 0 Å². The fourth-order valence-corrected chi connectivity index (χ4v) is 4.16. The van der Waals surface area contributed by atoms with Gasteiger partial charge in [-0.2, -0.15) is 4.31 Å². The third kappa shape index (κ3) is 6.10. The van der Waals surface area contributed by atoms with Gasteiger partial charge in [-0.1, -0.05) is 20.3 Å². The van der Waals surface area contributed by atoms with Crippen LogP contribution < -0.4 is 14.8 Å². The lowest BCUT2D eigenvalue weighted by Crippen LogP contribution is -2.49. The van der Waals surface area contributed by atoms with E-state index in [-0.39, 0.29) is 5.91 Å². The summed E-state index contributed by atoms with van der Waals surface area (Å²) in [7, 11) is -3.42. The molecular formula is C19H30N2O5S. The standard InChI is InChI=1S/C19H30N2O5S/c1-4-12-25-17-10-9-15(14-18(17)26-13-5-2)20-19(22)16-8-6-7-11-21(16)27(3,23)24/h9-10,14,16H,4-8,11-13H2,1-3H3,(H,20,22). The zero-order valence-electron chi connectivity index (χ0n) is 16.4. The number of sulfonamides is 1. The molecular weight excluding hydrogens is 368 g/mol. The summed E-state index contributed by atoms with van der Waals surface area (Å²) in [5.41, 5.74) is 0.564. The average molecular weight is 399 g/mol. The van der Waals surface area contributed by atoms with Crippen molar-refractivity contribution in [3.63, 3.8) is 0 Å². The largest absolute Gasteiger partial charge is 0.490 e. The second-order valence-corrected chi connectivity index (χ2v) is 8.67. The van der Waals surface area contributed by atoms with Gasteiger partial charge in [0.2, 0.25) is 15.9 Å². The highest BCUT2D eigenvalue weighted by Crippen LogP contribution is 2.31. The number of rotatable bonds is 9. The third-order valence-corrected chi connectivity index (χ3v) is 5.61. The van der Waals surface area contributed by atoms with Gasteiger partial charge in [0.05, 0.1) is 19.5 Å². The molecule has 0 aromatic heterocycles. The molecule has 1 fully saturated rings. The van der Waals surface area contributed by atoms with Crippen molar-refractivity contribution < 1.29 is 22.7 Å². The number of ether oxygens (including phenoxy) is 2. The van der Waals surface area contributed by atoms with E-state index in [0.717, 1.165) is 31.9 Å². The number of nitrogens with one attached hydrogen (secondary N) is 1. The maximum atomic E-state index is 12.7. The number of nitrogens with zero attached hydrogens (tertiary/aromatic N) is 1. The van der Waals surface area contributed by atoms with Gasteiger partial charge in [-0.3, -0.25) is 4.79 Å². The molecule has 0 spiro atoms. The van der Waals surface area contributed by atoms with E-state index in [2.05, 4.69) is 5.32 Å². The fraction of sp³-hybridized carbons (Fsp3) is 0.632. The SMILES string of the molecule is CCCOc1ccc(NC(=O)C2CCCCN2S(C)(=O)=O)cc1OCCC. The van der Waals surface area contributed by atoms with Crippen molar-refractivity contribution in [3.8, 4) is 11.5 Å². The Bertz CT molecular complexity index is 736. The van der Waals surface area contributed by atoms with Crippen molar-refractivity contribution in [1.82, 2.24) is 4.31 Å². The number of benzene rings is 1. The van der Waals surface area contributed by atoms with E-state index in [1.165, 1.54) is 4.31 Å². The molecule has 0 radical (unpaired) electrons. The summed E-state index contributed by atoms with van der Waals surface area (Å²) < 4.78 is 36.7. The van der Waals surface area contributed by atoms with Gasteiger partial charge < -0.3 is 14.8 Å². The Morgan fingerprint density at radius 2 is 1.81 bits per heavy atom. The van der Waals surface area contributed by atoms with Gasteiger partial charge in [-0.25, -0.2) is 8.42 Å². The molecule has 1 heterocycles. The minimum Gasteiger partial charge on any atom is -0.490 e. The summed E-state index contributed by atoms with van der Waals surface area (Å²) in [6, 6.07) is 4.57. The maximum absolute atomic E-state index is 12.7. The predicted octanol–water partition coefficient (Wildman–Crippen LogP) is 3.02. The predicted molar refractivity (Wildman–Crippen MR) is 106 cm³/mol. The van der Waals surface area contributed by atoms with Gasteiger partial charge >= 0.3 is 0 Å². The van der Waals surface area contributed by atoms with Crippen molar-refractivity contribution in [2.45, 2.75) is 52.0 Å². The zero-order chi connectivity index (χ0) is 19.9. The van der Waals surface area contributed by atoms with Crippen LogP contribution in [0.5, 0.6) is 11.5 Å². The van der Waals surface area contributed by atoms with E-state index in [1.54, 1.807) is 18.2 Å². The van der Waals surface area contributed by atoms with E-state index in [1.807, 2.05) is 13.8 Å². The highest BCUT2D eigenvalue weighted by molar-refractivity contribution is 7.88. The number of anilines is 1. The molecule has 1 atom stereocenters. The number of piperidine rings is 1. The van der Waals surface area contributed by atoms with Crippen LogP contribution in [0.25, 0.3) is 0 Å². The summed E-state index contributed by atoms with van der Waals surface area (Å²) >= 11 is 0. The lowest BCUT2D eigenvalue weighted by Gasteiger charge is -2.32. The van der Waals surface area contributed by atoms with E-state index in [0.29, 0.717) is 43.4 Å². The van der Waals surface area contributed by atoms with Crippen LogP contribution in [0, 0.1) is 0 Å². The first-order chi connectivity index (χ1) is 12.9. The second-order valence-electron chi connectivity index (χ2n) is 6.73. The molecule has 0 saturated carbocycles. The highest BCUT2D eigenvalue weighted by atomic mass is 32.2. The normalized spacial score (nSPS) is 18.1. The first-order valence-corrected chi connectivity index (χ1v) is 11.4. The molecule has 27 heavy (non-hydrogen) atoms. The van der Waals surface area contributed by atoms with Crippen LogP contribution in [0.3, 0.4) is 0 Å². The first-order valence-electron chi connectivity index (χ1n) is 9.54. The van der Waals surface area contributed by atoms with Crippen molar-refractivity contribution in [2.75, 3.05) is 31.3 Å². The van der Waals surface area contributed by atoms with Gasteiger partial charge in [0, 0.05) is 18.3 Å². The number of hydrogen-bond acceptors (Lipinski definition) is 5. The van der Waals surface area contributed by atoms with Crippen molar-refractivity contribution >= 4 is 21.6 Å². The Kier molecular flexibility index (Phi) is 7.91. The van der Waals surface area contributed by atoms with E-state index in [9.17, 15) is 13.2 Å². The Balaban J connectivity index is 2.16. The molecule has 8 heteroatoms. The summed E-state index contributed by atoms with van der Waals surface area (Å²) in [5.74, 6) is 0.897. The Morgan fingerprint density at radius 3 is 2.44 bits per heavy atom. The van der Waals surface area contributed by atoms with Gasteiger partial charge in [-0.05, 0) is 37.8 Å². The molecule has 1 aromatic carbocycles. The Labute approximate surface area is 162 Å². The number of amides is 1. The van der Waals surface area contributed by atoms with Gasteiger partial charge in [-0.15, -0.1) is 0 Å². The average Bonchev–Trinajstić information content (AvgIpc) is 2.64. The minimum absolute atomic E-state index is 0.316. The lowest BCUT2D eigenvalue weighted by molar-refractivity contribution is -0.120. The summed E-state index contributed by atoms with van der Waals surface area (Å²) in [5, 5.41) is 2.83.